The van der Waals surface area contributed by atoms with Crippen LogP contribution in [-0.2, 0) is 14.3 Å². The summed E-state index contributed by atoms with van der Waals surface area (Å²) in [5.41, 5.74) is 0.673. The third-order valence-electron chi connectivity index (χ3n) is 2.26. The van der Waals surface area contributed by atoms with Gasteiger partial charge < -0.3 is 14.6 Å². The zero-order valence-electron chi connectivity index (χ0n) is 11.0. The van der Waals surface area contributed by atoms with Crippen molar-refractivity contribution >= 4 is 34.5 Å². The summed E-state index contributed by atoms with van der Waals surface area (Å²) in [5, 5.41) is 9.56. The first-order chi connectivity index (χ1) is 9.41. The molecule has 0 spiro atoms. The van der Waals surface area contributed by atoms with Crippen LogP contribution in [0.15, 0.2) is 36.4 Å². The number of aliphatic hydroxyl groups excluding tert-OH is 1. The Morgan fingerprint density at radius 2 is 1.90 bits per heavy atom. The highest BCUT2D eigenvalue weighted by molar-refractivity contribution is 14.1. The molecule has 1 unspecified atom stereocenters. The van der Waals surface area contributed by atoms with E-state index in [-0.39, 0.29) is 18.8 Å². The fourth-order valence-corrected chi connectivity index (χ4v) is 1.83. The minimum absolute atomic E-state index is 0.243. The molecule has 1 N–H and O–H groups in total. The van der Waals surface area contributed by atoms with Crippen molar-refractivity contribution in [3.63, 3.8) is 0 Å². The van der Waals surface area contributed by atoms with Gasteiger partial charge in [0.1, 0.15) is 19.3 Å². The van der Waals surface area contributed by atoms with Crippen molar-refractivity contribution in [3.8, 4) is 0 Å². The van der Waals surface area contributed by atoms with Crippen molar-refractivity contribution < 1.29 is 24.2 Å². The maximum Gasteiger partial charge on any atom is 0.339 e. The van der Waals surface area contributed by atoms with E-state index >= 15 is 0 Å². The third-order valence-corrected chi connectivity index (χ3v) is 3.20. The van der Waals surface area contributed by atoms with Crippen LogP contribution in [0.3, 0.4) is 0 Å². The minimum Gasteiger partial charge on any atom is -0.459 e. The van der Waals surface area contributed by atoms with E-state index in [4.69, 9.17) is 9.47 Å². The summed E-state index contributed by atoms with van der Waals surface area (Å²) in [7, 11) is 0. The van der Waals surface area contributed by atoms with E-state index in [9.17, 15) is 14.7 Å². The molecule has 0 aromatic heterocycles. The number of rotatable bonds is 6. The second-order valence-corrected chi connectivity index (χ2v) is 5.27. The molecule has 0 bridgehead atoms. The highest BCUT2D eigenvalue weighted by Crippen LogP contribution is 2.12. The van der Waals surface area contributed by atoms with Crippen LogP contribution in [0.25, 0.3) is 0 Å². The molecule has 0 aliphatic rings. The molecule has 0 amide bonds. The van der Waals surface area contributed by atoms with Crippen molar-refractivity contribution in [1.82, 2.24) is 0 Å². The number of carbonyl (C=O) groups excluding carboxylic acids is 2. The lowest BCUT2D eigenvalue weighted by Gasteiger charge is -2.12. The first-order valence-electron chi connectivity index (χ1n) is 5.84. The van der Waals surface area contributed by atoms with Crippen molar-refractivity contribution in [2.45, 2.75) is 13.0 Å². The highest BCUT2D eigenvalue weighted by atomic mass is 127. The molecule has 5 nitrogen and oxygen atoms in total. The van der Waals surface area contributed by atoms with Crippen LogP contribution in [0.5, 0.6) is 0 Å². The molecule has 1 rings (SSSR count). The predicted octanol–water partition coefficient (Wildman–Crippen LogP) is 1.93. The van der Waals surface area contributed by atoms with E-state index in [0.29, 0.717) is 5.56 Å². The Morgan fingerprint density at radius 3 is 2.50 bits per heavy atom. The lowest BCUT2D eigenvalue weighted by atomic mass is 10.2. The molecule has 0 saturated heterocycles. The molecule has 1 aromatic rings. The molecule has 0 fully saturated rings. The van der Waals surface area contributed by atoms with Gasteiger partial charge in [0.2, 0.25) is 0 Å². The lowest BCUT2D eigenvalue weighted by molar-refractivity contribution is -0.142. The number of hydrogen-bond donors (Lipinski definition) is 1. The minimum atomic E-state index is -1.07. The molecule has 0 aliphatic carbocycles. The number of benzene rings is 1. The average molecular weight is 390 g/mol. The topological polar surface area (TPSA) is 72.8 Å². The summed E-state index contributed by atoms with van der Waals surface area (Å²) in [5.74, 6) is -1.12. The largest absolute Gasteiger partial charge is 0.459 e. The molecule has 1 atom stereocenters. The Labute approximate surface area is 130 Å². The van der Waals surface area contributed by atoms with Crippen LogP contribution in [0.2, 0.25) is 0 Å². The smallest absolute Gasteiger partial charge is 0.339 e. The predicted molar refractivity (Wildman–Crippen MR) is 81.2 cm³/mol. The normalized spacial score (nSPS) is 11.6. The summed E-state index contributed by atoms with van der Waals surface area (Å²) in [6, 6.07) is 6.95. The Hall–Kier alpha value is -1.41. The van der Waals surface area contributed by atoms with Gasteiger partial charge in [-0.1, -0.05) is 18.7 Å². The van der Waals surface area contributed by atoms with Crippen LogP contribution in [0.1, 0.15) is 17.3 Å². The van der Waals surface area contributed by atoms with Crippen LogP contribution < -0.4 is 0 Å². The Bertz CT molecular complexity index is 512. The fraction of sp³-hybridized carbons (Fsp3) is 0.286. The number of aliphatic hydroxyl groups is 1. The quantitative estimate of drug-likeness (QED) is 0.457. The highest BCUT2D eigenvalue weighted by Gasteiger charge is 2.15. The summed E-state index contributed by atoms with van der Waals surface area (Å²) >= 11 is 2.02. The van der Waals surface area contributed by atoms with Gasteiger partial charge in [0.25, 0.3) is 0 Å². The zero-order valence-corrected chi connectivity index (χ0v) is 13.1. The Kier molecular flexibility index (Phi) is 6.66. The zero-order chi connectivity index (χ0) is 15.1. The van der Waals surface area contributed by atoms with Crippen molar-refractivity contribution in [3.05, 3.63) is 45.6 Å². The van der Waals surface area contributed by atoms with Crippen LogP contribution >= 0.6 is 22.6 Å². The van der Waals surface area contributed by atoms with Gasteiger partial charge in [0.05, 0.1) is 5.56 Å². The Balaban J connectivity index is 2.40. The van der Waals surface area contributed by atoms with Gasteiger partial charge in [-0.25, -0.2) is 9.59 Å². The van der Waals surface area contributed by atoms with Gasteiger partial charge in [-0.15, -0.1) is 0 Å². The van der Waals surface area contributed by atoms with Crippen molar-refractivity contribution in [1.29, 1.82) is 0 Å². The Morgan fingerprint density at radius 1 is 1.30 bits per heavy atom. The van der Waals surface area contributed by atoms with Crippen LogP contribution in [0.4, 0.5) is 0 Å². The standard InChI is InChI=1S/C14H15IO5/c1-9(2)13(17)19-7-10(16)8-20-14(18)11-5-3-4-6-12(11)15/h3-6,10,16H,1,7-8H2,2H3. The fourth-order valence-electron chi connectivity index (χ4n) is 1.22. The average Bonchev–Trinajstić information content (AvgIpc) is 2.42. The molecule has 20 heavy (non-hydrogen) atoms. The monoisotopic (exact) mass is 390 g/mol. The number of carbonyl (C=O) groups is 2. The van der Waals surface area contributed by atoms with E-state index in [1.165, 1.54) is 6.92 Å². The van der Waals surface area contributed by atoms with E-state index in [2.05, 4.69) is 6.58 Å². The van der Waals surface area contributed by atoms with E-state index in [1.807, 2.05) is 28.7 Å². The first kappa shape index (κ1) is 16.6. The molecule has 0 saturated carbocycles. The molecule has 0 heterocycles. The van der Waals surface area contributed by atoms with Crippen molar-refractivity contribution in [2.24, 2.45) is 0 Å². The summed E-state index contributed by atoms with van der Waals surface area (Å²) in [4.78, 5) is 22.9. The van der Waals surface area contributed by atoms with Gasteiger partial charge in [-0.3, -0.25) is 0 Å². The molecular formula is C14H15IO5. The number of ether oxygens (including phenoxy) is 2. The SMILES string of the molecule is C=C(C)C(=O)OCC(O)COC(=O)c1ccccc1I. The van der Waals surface area contributed by atoms with Gasteiger partial charge >= 0.3 is 11.9 Å². The van der Waals surface area contributed by atoms with Crippen molar-refractivity contribution in [2.75, 3.05) is 13.2 Å². The van der Waals surface area contributed by atoms with E-state index in [1.54, 1.807) is 18.2 Å². The summed E-state index contributed by atoms with van der Waals surface area (Å²) in [6.45, 7) is 4.43. The number of hydrogen-bond acceptors (Lipinski definition) is 5. The number of halogens is 1. The van der Waals surface area contributed by atoms with Crippen LogP contribution in [0, 0.1) is 3.57 Å². The molecule has 6 heteroatoms. The molecule has 1 aromatic carbocycles. The van der Waals surface area contributed by atoms with Gasteiger partial charge in [-0.05, 0) is 41.6 Å². The van der Waals surface area contributed by atoms with E-state index in [0.717, 1.165) is 3.57 Å². The maximum absolute atomic E-state index is 11.8. The second-order valence-electron chi connectivity index (χ2n) is 4.11. The molecule has 0 radical (unpaired) electrons. The first-order valence-corrected chi connectivity index (χ1v) is 6.92. The lowest BCUT2D eigenvalue weighted by Crippen LogP contribution is -2.25. The molecular weight excluding hydrogens is 375 g/mol. The van der Waals surface area contributed by atoms with Gasteiger partial charge in [0.15, 0.2) is 0 Å². The van der Waals surface area contributed by atoms with Gasteiger partial charge in [-0.2, -0.15) is 0 Å². The maximum atomic E-state index is 11.8. The van der Waals surface area contributed by atoms with Crippen LogP contribution in [-0.4, -0.2) is 36.4 Å². The summed E-state index contributed by atoms with van der Waals surface area (Å²) < 4.78 is 10.5. The summed E-state index contributed by atoms with van der Waals surface area (Å²) in [6.07, 6.45) is -1.07. The van der Waals surface area contributed by atoms with Gasteiger partial charge in [0, 0.05) is 9.14 Å². The van der Waals surface area contributed by atoms with E-state index < -0.39 is 18.0 Å². The molecule has 0 aliphatic heterocycles. The molecule has 108 valence electrons. The number of esters is 2. The second kappa shape index (κ2) is 8.01. The third kappa shape index (κ3) is 5.30.